The number of amides is 1. The van der Waals surface area contributed by atoms with Gasteiger partial charge in [-0.15, -0.1) is 0 Å². The Hall–Kier alpha value is -3.80. The van der Waals surface area contributed by atoms with Gasteiger partial charge in [0, 0.05) is 29.4 Å². The van der Waals surface area contributed by atoms with Gasteiger partial charge in [0.05, 0.1) is 0 Å². The van der Waals surface area contributed by atoms with Gasteiger partial charge in [-0.25, -0.2) is 14.8 Å². The van der Waals surface area contributed by atoms with Gasteiger partial charge in [-0.05, 0) is 54.3 Å². The van der Waals surface area contributed by atoms with E-state index >= 15 is 0 Å². The molecule has 0 saturated carbocycles. The molecule has 2 heterocycles. The van der Waals surface area contributed by atoms with Crippen LogP contribution in [0.3, 0.4) is 0 Å². The monoisotopic (exact) mass is 371 g/mol. The van der Waals surface area contributed by atoms with Gasteiger partial charge in [-0.1, -0.05) is 24.3 Å². The highest BCUT2D eigenvalue weighted by Crippen LogP contribution is 2.25. The van der Waals surface area contributed by atoms with Gasteiger partial charge in [0.2, 0.25) is 5.95 Å². The maximum atomic E-state index is 12.4. The fraction of sp³-hybridized carbons (Fsp3) is 0.0909. The molecule has 1 N–H and O–H groups in total. The third kappa shape index (κ3) is 3.53. The molecule has 0 spiro atoms. The van der Waals surface area contributed by atoms with Crippen LogP contribution in [0.4, 0.5) is 5.95 Å². The second kappa shape index (κ2) is 7.08. The molecule has 4 rings (SSSR count). The maximum absolute atomic E-state index is 12.4. The molecule has 0 unspecified atom stereocenters. The third-order valence-electron chi connectivity index (χ3n) is 4.44. The van der Waals surface area contributed by atoms with Crippen molar-refractivity contribution in [1.29, 1.82) is 0 Å². The largest absolute Gasteiger partial charge is 0.423 e. The van der Waals surface area contributed by atoms with Gasteiger partial charge in [-0.3, -0.25) is 10.1 Å². The first kappa shape index (κ1) is 17.6. The van der Waals surface area contributed by atoms with Crippen molar-refractivity contribution in [1.82, 2.24) is 9.97 Å². The van der Waals surface area contributed by atoms with Gasteiger partial charge in [-0.2, -0.15) is 0 Å². The molecule has 4 aromatic rings. The zero-order chi connectivity index (χ0) is 19.7. The molecule has 0 saturated heterocycles. The summed E-state index contributed by atoms with van der Waals surface area (Å²) in [5, 5.41) is 3.57. The zero-order valence-electron chi connectivity index (χ0n) is 15.4. The Kier molecular flexibility index (Phi) is 4.45. The van der Waals surface area contributed by atoms with Gasteiger partial charge >= 0.3 is 5.63 Å². The Morgan fingerprint density at radius 1 is 0.929 bits per heavy atom. The van der Waals surface area contributed by atoms with Crippen LogP contribution in [-0.2, 0) is 0 Å². The third-order valence-corrected chi connectivity index (χ3v) is 4.44. The van der Waals surface area contributed by atoms with E-state index < -0.39 is 0 Å². The van der Waals surface area contributed by atoms with Crippen molar-refractivity contribution in [3.05, 3.63) is 88.0 Å². The number of nitrogens with one attached hydrogen (secondary N) is 1. The summed E-state index contributed by atoms with van der Waals surface area (Å²) >= 11 is 0. The first-order chi connectivity index (χ1) is 13.5. The molecule has 0 aliphatic carbocycles. The molecule has 138 valence electrons. The molecule has 0 aliphatic rings. The fourth-order valence-electron chi connectivity index (χ4n) is 2.95. The highest BCUT2D eigenvalue weighted by molar-refractivity contribution is 6.03. The summed E-state index contributed by atoms with van der Waals surface area (Å²) in [4.78, 5) is 32.1. The van der Waals surface area contributed by atoms with Crippen LogP contribution in [-0.4, -0.2) is 15.9 Å². The Bertz CT molecular complexity index is 1230. The summed E-state index contributed by atoms with van der Waals surface area (Å²) < 4.78 is 5.31. The Morgan fingerprint density at radius 2 is 1.61 bits per heavy atom. The molecule has 0 atom stereocenters. The Balaban J connectivity index is 1.59. The number of aryl methyl sites for hydroxylation is 2. The van der Waals surface area contributed by atoms with Crippen LogP contribution in [0.2, 0.25) is 0 Å². The first-order valence-electron chi connectivity index (χ1n) is 8.74. The molecule has 6 heteroatoms. The lowest BCUT2D eigenvalue weighted by molar-refractivity contribution is 0.102. The SMILES string of the molecule is Cc1cnc(NC(=O)c2ccc(-c3ccc4c(C)cc(=O)oc4c3)cc2)nc1. The predicted molar refractivity (Wildman–Crippen MR) is 107 cm³/mol. The van der Waals surface area contributed by atoms with Gasteiger partial charge in [0.15, 0.2) is 0 Å². The number of carbonyl (C=O) groups is 1. The molecule has 0 fully saturated rings. The number of fused-ring (bicyclic) bond motifs is 1. The fourth-order valence-corrected chi connectivity index (χ4v) is 2.95. The van der Waals surface area contributed by atoms with Gasteiger partial charge in [0.25, 0.3) is 5.91 Å². The lowest BCUT2D eigenvalue weighted by Gasteiger charge is -2.07. The predicted octanol–water partition coefficient (Wildman–Crippen LogP) is 4.12. The van der Waals surface area contributed by atoms with Crippen molar-refractivity contribution < 1.29 is 9.21 Å². The molecule has 1 amide bonds. The zero-order valence-corrected chi connectivity index (χ0v) is 15.4. The average Bonchev–Trinajstić information content (AvgIpc) is 2.69. The number of anilines is 1. The normalized spacial score (nSPS) is 10.8. The number of aromatic nitrogens is 2. The average molecular weight is 371 g/mol. The standard InChI is InChI=1S/C22H17N3O3/c1-13-11-23-22(24-12-13)25-21(27)16-5-3-15(4-6-16)17-7-8-18-14(2)9-20(26)28-19(18)10-17/h3-12H,1-2H3,(H,23,24,25,27). The smallest absolute Gasteiger partial charge is 0.336 e. The molecular formula is C22H17N3O3. The van der Waals surface area contributed by atoms with Crippen molar-refractivity contribution in [2.45, 2.75) is 13.8 Å². The molecule has 6 nitrogen and oxygen atoms in total. The number of rotatable bonds is 3. The summed E-state index contributed by atoms with van der Waals surface area (Å²) in [6.45, 7) is 3.76. The highest BCUT2D eigenvalue weighted by atomic mass is 16.4. The van der Waals surface area contributed by atoms with E-state index in [1.807, 2.05) is 44.2 Å². The van der Waals surface area contributed by atoms with E-state index in [-0.39, 0.29) is 17.5 Å². The van der Waals surface area contributed by atoms with Crippen LogP contribution in [0.15, 0.2) is 70.1 Å². The lowest BCUT2D eigenvalue weighted by Crippen LogP contribution is -2.14. The van der Waals surface area contributed by atoms with E-state index in [0.29, 0.717) is 11.1 Å². The lowest BCUT2D eigenvalue weighted by atomic mass is 10.0. The number of hydrogen-bond donors (Lipinski definition) is 1. The Morgan fingerprint density at radius 3 is 2.32 bits per heavy atom. The topological polar surface area (TPSA) is 85.1 Å². The molecule has 2 aromatic heterocycles. The second-order valence-corrected chi connectivity index (χ2v) is 6.57. The van der Waals surface area contributed by atoms with Gasteiger partial charge in [0.1, 0.15) is 5.58 Å². The second-order valence-electron chi connectivity index (χ2n) is 6.57. The number of benzene rings is 2. The summed E-state index contributed by atoms with van der Waals surface area (Å²) in [5.41, 5.74) is 4.28. The van der Waals surface area contributed by atoms with E-state index in [1.165, 1.54) is 6.07 Å². The van der Waals surface area contributed by atoms with Crippen molar-refractivity contribution >= 4 is 22.8 Å². The summed E-state index contributed by atoms with van der Waals surface area (Å²) in [6.07, 6.45) is 3.29. The van der Waals surface area contributed by atoms with E-state index in [1.54, 1.807) is 24.5 Å². The number of hydrogen-bond acceptors (Lipinski definition) is 5. The molecule has 28 heavy (non-hydrogen) atoms. The van der Waals surface area contributed by atoms with Crippen LogP contribution in [0.1, 0.15) is 21.5 Å². The van der Waals surface area contributed by atoms with Gasteiger partial charge < -0.3 is 4.42 Å². The van der Waals surface area contributed by atoms with E-state index in [2.05, 4.69) is 15.3 Å². The quantitative estimate of drug-likeness (QED) is 0.548. The van der Waals surface area contributed by atoms with E-state index in [9.17, 15) is 9.59 Å². The number of carbonyl (C=O) groups excluding carboxylic acids is 1. The summed E-state index contributed by atoms with van der Waals surface area (Å²) in [6, 6.07) is 14.4. The van der Waals surface area contributed by atoms with Crippen LogP contribution < -0.4 is 10.9 Å². The molecule has 0 bridgehead atoms. The highest BCUT2D eigenvalue weighted by Gasteiger charge is 2.09. The van der Waals surface area contributed by atoms with E-state index in [0.717, 1.165) is 27.6 Å². The summed E-state index contributed by atoms with van der Waals surface area (Å²) in [7, 11) is 0. The Labute approximate surface area is 160 Å². The van der Waals surface area contributed by atoms with Crippen LogP contribution in [0, 0.1) is 13.8 Å². The molecule has 0 radical (unpaired) electrons. The van der Waals surface area contributed by atoms with Crippen molar-refractivity contribution in [2.75, 3.05) is 5.32 Å². The summed E-state index contributed by atoms with van der Waals surface area (Å²) in [5.74, 6) is -0.0184. The minimum absolute atomic E-state index is 0.264. The minimum atomic E-state index is -0.368. The maximum Gasteiger partial charge on any atom is 0.336 e. The molecule has 2 aromatic carbocycles. The first-order valence-corrected chi connectivity index (χ1v) is 8.74. The van der Waals surface area contributed by atoms with Crippen molar-refractivity contribution in [3.8, 4) is 11.1 Å². The number of nitrogens with zero attached hydrogens (tertiary/aromatic N) is 2. The van der Waals surface area contributed by atoms with E-state index in [4.69, 9.17) is 4.42 Å². The van der Waals surface area contributed by atoms with Crippen molar-refractivity contribution in [3.63, 3.8) is 0 Å². The van der Waals surface area contributed by atoms with Crippen LogP contribution in [0.5, 0.6) is 0 Å². The van der Waals surface area contributed by atoms with Crippen LogP contribution in [0.25, 0.3) is 22.1 Å². The molecular weight excluding hydrogens is 354 g/mol. The minimum Gasteiger partial charge on any atom is -0.423 e. The van der Waals surface area contributed by atoms with Crippen molar-refractivity contribution in [2.24, 2.45) is 0 Å². The molecule has 0 aliphatic heterocycles. The van der Waals surface area contributed by atoms with Crippen LogP contribution >= 0.6 is 0 Å².